The van der Waals surface area contributed by atoms with Crippen LogP contribution in [-0.4, -0.2) is 17.7 Å². The van der Waals surface area contributed by atoms with E-state index in [4.69, 9.17) is 5.73 Å². The smallest absolute Gasteiger partial charge is 0.147 e. The number of rotatable bonds is 9. The number of nitrogens with two attached hydrogens (primary N) is 1. The summed E-state index contributed by atoms with van der Waals surface area (Å²) in [6.07, 6.45) is 4.78. The molecule has 0 heterocycles. The molecule has 30 heavy (non-hydrogen) atoms. The Balaban J connectivity index is 2.18. The van der Waals surface area contributed by atoms with Gasteiger partial charge in [0.2, 0.25) is 0 Å². The molecule has 0 aliphatic carbocycles. The molecule has 0 aliphatic heterocycles. The average molecular weight is 413 g/mol. The predicted octanol–water partition coefficient (Wildman–Crippen LogP) is 5.87. The number of halogens is 2. The summed E-state index contributed by atoms with van der Waals surface area (Å²) >= 11 is 0. The van der Waals surface area contributed by atoms with Gasteiger partial charge in [-0.05, 0) is 67.0 Å². The first kappa shape index (κ1) is 23.5. The number of benzene rings is 2. The zero-order valence-electron chi connectivity index (χ0n) is 18.1. The number of allylic oxidation sites excluding steroid dienone is 1. The molecule has 0 amide bonds. The van der Waals surface area contributed by atoms with E-state index in [1.54, 1.807) is 6.92 Å². The summed E-state index contributed by atoms with van der Waals surface area (Å²) in [6, 6.07) is 11.0. The van der Waals surface area contributed by atoms with Crippen molar-refractivity contribution in [3.63, 3.8) is 0 Å². The van der Waals surface area contributed by atoms with Crippen LogP contribution in [0.1, 0.15) is 46.1 Å². The number of carbonyl (C=O) groups excluding carboxylic acids is 1. The molecule has 0 saturated heterocycles. The van der Waals surface area contributed by atoms with Gasteiger partial charge in [-0.3, -0.25) is 4.99 Å². The van der Waals surface area contributed by atoms with Crippen LogP contribution in [0.15, 0.2) is 59.1 Å². The second-order valence-corrected chi connectivity index (χ2v) is 8.30. The number of carbonyl (C=O) groups is 1. The fraction of sp³-hybridized carbons (Fsp3) is 0.360. The van der Waals surface area contributed by atoms with E-state index in [1.165, 1.54) is 12.1 Å². The first-order chi connectivity index (χ1) is 14.1. The molecule has 0 aliphatic rings. The van der Waals surface area contributed by atoms with Gasteiger partial charge in [-0.25, -0.2) is 8.78 Å². The maximum atomic E-state index is 13.5. The minimum absolute atomic E-state index is 0.330. The second kappa shape index (κ2) is 10.3. The third kappa shape index (κ3) is 6.90. The van der Waals surface area contributed by atoms with Crippen LogP contribution in [0.5, 0.6) is 0 Å². The van der Waals surface area contributed by atoms with Crippen molar-refractivity contribution in [3.05, 3.63) is 71.3 Å². The van der Waals surface area contributed by atoms with Crippen LogP contribution >= 0.6 is 0 Å². The Morgan fingerprint density at radius 2 is 1.70 bits per heavy atom. The molecule has 0 spiro atoms. The summed E-state index contributed by atoms with van der Waals surface area (Å²) < 4.78 is 26.9. The summed E-state index contributed by atoms with van der Waals surface area (Å²) in [5, 5.41) is 0. The van der Waals surface area contributed by atoms with Crippen molar-refractivity contribution < 1.29 is 13.6 Å². The Hall–Kier alpha value is -2.82. The summed E-state index contributed by atoms with van der Waals surface area (Å²) in [4.78, 5) is 16.0. The predicted molar refractivity (Wildman–Crippen MR) is 119 cm³/mol. The first-order valence-corrected chi connectivity index (χ1v) is 10.2. The quantitative estimate of drug-likeness (QED) is 0.318. The summed E-state index contributed by atoms with van der Waals surface area (Å²) in [5.41, 5.74) is 8.67. The van der Waals surface area contributed by atoms with Gasteiger partial charge in [0.15, 0.2) is 0 Å². The lowest BCUT2D eigenvalue weighted by Crippen LogP contribution is -2.29. The van der Waals surface area contributed by atoms with Crippen molar-refractivity contribution in [2.75, 3.05) is 0 Å². The van der Waals surface area contributed by atoms with Crippen molar-refractivity contribution >= 4 is 12.1 Å². The van der Waals surface area contributed by atoms with Crippen molar-refractivity contribution in [1.82, 2.24) is 0 Å². The van der Waals surface area contributed by atoms with Gasteiger partial charge in [-0.2, -0.15) is 0 Å². The Bertz CT molecular complexity index is 912. The molecule has 2 rings (SSSR count). The van der Waals surface area contributed by atoms with E-state index in [0.29, 0.717) is 30.2 Å². The van der Waals surface area contributed by atoms with E-state index in [2.05, 4.69) is 4.99 Å². The average Bonchev–Trinajstić information content (AvgIpc) is 2.66. The summed E-state index contributed by atoms with van der Waals surface area (Å²) in [6.45, 7) is 7.92. The van der Waals surface area contributed by atoms with E-state index in [9.17, 15) is 13.6 Å². The van der Waals surface area contributed by atoms with Gasteiger partial charge in [0, 0.05) is 6.07 Å². The van der Waals surface area contributed by atoms with E-state index in [-0.39, 0.29) is 0 Å². The molecule has 2 aromatic rings. The number of aldehydes is 1. The molecule has 1 atom stereocenters. The van der Waals surface area contributed by atoms with Gasteiger partial charge in [-0.15, -0.1) is 0 Å². The van der Waals surface area contributed by atoms with Gasteiger partial charge < -0.3 is 10.5 Å². The zero-order chi connectivity index (χ0) is 22.3. The number of amidine groups is 1. The Kier molecular flexibility index (Phi) is 8.04. The highest BCUT2D eigenvalue weighted by Gasteiger charge is 2.24. The highest BCUT2D eigenvalue weighted by Crippen LogP contribution is 2.23. The molecule has 0 aromatic heterocycles. The van der Waals surface area contributed by atoms with Crippen LogP contribution < -0.4 is 5.73 Å². The van der Waals surface area contributed by atoms with E-state index < -0.39 is 17.2 Å². The number of hydrogen-bond donors (Lipinski definition) is 1. The number of hydrogen-bond acceptors (Lipinski definition) is 2. The monoisotopic (exact) mass is 412 g/mol. The van der Waals surface area contributed by atoms with Gasteiger partial charge in [0.05, 0.1) is 0 Å². The SMILES string of the molecule is CC/C(=C/C(N)=NC(C)(C=O)CC(C)C)Cc1ccc(-c2cc(F)cc(F)c2)cc1. The van der Waals surface area contributed by atoms with E-state index >= 15 is 0 Å². The van der Waals surface area contributed by atoms with Gasteiger partial charge in [0.25, 0.3) is 0 Å². The topological polar surface area (TPSA) is 55.4 Å². The Labute approximate surface area is 177 Å². The highest BCUT2D eigenvalue weighted by molar-refractivity contribution is 5.93. The summed E-state index contributed by atoms with van der Waals surface area (Å²) in [7, 11) is 0. The highest BCUT2D eigenvalue weighted by atomic mass is 19.1. The molecule has 0 radical (unpaired) electrons. The van der Waals surface area contributed by atoms with E-state index in [0.717, 1.165) is 35.5 Å². The maximum absolute atomic E-state index is 13.5. The molecule has 2 aromatic carbocycles. The van der Waals surface area contributed by atoms with Crippen molar-refractivity contribution in [3.8, 4) is 11.1 Å². The Morgan fingerprint density at radius 3 is 2.20 bits per heavy atom. The normalized spacial score (nSPS) is 14.6. The molecule has 0 bridgehead atoms. The third-order valence-corrected chi connectivity index (χ3v) is 4.85. The largest absolute Gasteiger partial charge is 0.384 e. The molecule has 2 N–H and O–H groups in total. The van der Waals surface area contributed by atoms with Gasteiger partial charge in [0.1, 0.15) is 29.3 Å². The zero-order valence-corrected chi connectivity index (χ0v) is 18.1. The molecule has 160 valence electrons. The Morgan fingerprint density at radius 1 is 1.10 bits per heavy atom. The van der Waals surface area contributed by atoms with Gasteiger partial charge in [-0.1, -0.05) is 50.6 Å². The first-order valence-electron chi connectivity index (χ1n) is 10.2. The van der Waals surface area contributed by atoms with Crippen LogP contribution in [0, 0.1) is 17.6 Å². The standard InChI is InChI=1S/C25H30F2N2O/c1-5-18(11-24(28)29-25(4,16-30)15-17(2)3)10-19-6-8-20(9-7-19)21-12-22(26)14-23(27)13-21/h6-9,11-14,16-17H,5,10,15H2,1-4H3,(H2,28,29)/b18-11-. The number of nitrogens with zero attached hydrogens (tertiary/aromatic N) is 1. The lowest BCUT2D eigenvalue weighted by Gasteiger charge is -2.21. The fourth-order valence-corrected chi connectivity index (χ4v) is 3.56. The summed E-state index contributed by atoms with van der Waals surface area (Å²) in [5.74, 6) is -0.523. The third-order valence-electron chi connectivity index (χ3n) is 4.85. The van der Waals surface area contributed by atoms with Crippen LogP contribution in [0.25, 0.3) is 11.1 Å². The minimum Gasteiger partial charge on any atom is -0.384 e. The van der Waals surface area contributed by atoms with Crippen LogP contribution in [0.4, 0.5) is 8.78 Å². The van der Waals surface area contributed by atoms with Crippen LogP contribution in [-0.2, 0) is 11.2 Å². The molecule has 3 nitrogen and oxygen atoms in total. The molecule has 0 fully saturated rings. The van der Waals surface area contributed by atoms with Gasteiger partial charge >= 0.3 is 0 Å². The lowest BCUT2D eigenvalue weighted by atomic mass is 9.93. The molecule has 0 saturated carbocycles. The lowest BCUT2D eigenvalue weighted by molar-refractivity contribution is -0.112. The molecular weight excluding hydrogens is 382 g/mol. The molecule has 1 unspecified atom stereocenters. The molecule has 5 heteroatoms. The van der Waals surface area contributed by atoms with Crippen molar-refractivity contribution in [2.24, 2.45) is 16.6 Å². The second-order valence-electron chi connectivity index (χ2n) is 8.30. The number of aliphatic imine (C=N–C) groups is 1. The molecular formula is C25H30F2N2O. The minimum atomic E-state index is -0.824. The van der Waals surface area contributed by atoms with Crippen molar-refractivity contribution in [1.29, 1.82) is 0 Å². The fourth-order valence-electron chi connectivity index (χ4n) is 3.56. The van der Waals surface area contributed by atoms with E-state index in [1.807, 2.05) is 51.1 Å². The van der Waals surface area contributed by atoms with Crippen molar-refractivity contribution in [2.45, 2.75) is 52.5 Å². The maximum Gasteiger partial charge on any atom is 0.147 e. The van der Waals surface area contributed by atoms with Crippen LogP contribution in [0.3, 0.4) is 0 Å². The van der Waals surface area contributed by atoms with Crippen LogP contribution in [0.2, 0.25) is 0 Å².